The van der Waals surface area contributed by atoms with Gasteiger partial charge in [-0.2, -0.15) is 0 Å². The molecule has 5 nitrogen and oxygen atoms in total. The van der Waals surface area contributed by atoms with Crippen molar-refractivity contribution in [3.05, 3.63) is 115 Å². The fourth-order valence-electron chi connectivity index (χ4n) is 4.35. The number of imidazole rings is 1. The van der Waals surface area contributed by atoms with Crippen molar-refractivity contribution in [3.63, 3.8) is 0 Å². The molecular formula is C29H22N4O. The Bertz CT molecular complexity index is 1620. The molecule has 2 N–H and O–H groups in total. The van der Waals surface area contributed by atoms with Crippen LogP contribution in [0, 0.1) is 0 Å². The summed E-state index contributed by atoms with van der Waals surface area (Å²) in [5, 5.41) is 2.30. The number of nitrogen functional groups attached to an aromatic ring is 1. The van der Waals surface area contributed by atoms with E-state index in [0.29, 0.717) is 12.4 Å². The monoisotopic (exact) mass is 442 g/mol. The van der Waals surface area contributed by atoms with Gasteiger partial charge in [0.25, 0.3) is 0 Å². The molecule has 34 heavy (non-hydrogen) atoms. The quantitative estimate of drug-likeness (QED) is 0.337. The molecular weight excluding hydrogens is 420 g/mol. The molecule has 2 heterocycles. The van der Waals surface area contributed by atoms with Gasteiger partial charge in [0, 0.05) is 23.5 Å². The lowest BCUT2D eigenvalue weighted by molar-refractivity contribution is 0.306. The van der Waals surface area contributed by atoms with Gasteiger partial charge >= 0.3 is 0 Å². The summed E-state index contributed by atoms with van der Waals surface area (Å²) in [6, 6.07) is 32.7. The molecule has 0 saturated carbocycles. The highest BCUT2D eigenvalue weighted by molar-refractivity contribution is 5.97. The number of hydrogen-bond donors (Lipinski definition) is 1. The normalized spacial score (nSPS) is 11.2. The highest BCUT2D eigenvalue weighted by Gasteiger charge is 2.19. The number of aromatic nitrogens is 3. The zero-order valence-electron chi connectivity index (χ0n) is 18.4. The lowest BCUT2D eigenvalue weighted by Crippen LogP contribution is -1.97. The lowest BCUT2D eigenvalue weighted by atomic mass is 10.0. The maximum absolute atomic E-state index is 6.37. The van der Waals surface area contributed by atoms with Crippen molar-refractivity contribution in [1.82, 2.24) is 14.4 Å². The van der Waals surface area contributed by atoms with E-state index in [-0.39, 0.29) is 0 Å². The first-order valence-corrected chi connectivity index (χ1v) is 11.2. The summed E-state index contributed by atoms with van der Waals surface area (Å²) < 4.78 is 8.09. The predicted molar refractivity (Wildman–Crippen MR) is 137 cm³/mol. The van der Waals surface area contributed by atoms with Gasteiger partial charge in [-0.3, -0.25) is 4.40 Å². The molecule has 4 aromatic carbocycles. The van der Waals surface area contributed by atoms with Crippen LogP contribution >= 0.6 is 0 Å². The number of nitrogens with two attached hydrogens (primary N) is 1. The van der Waals surface area contributed by atoms with E-state index in [0.717, 1.165) is 50.2 Å². The molecule has 0 aliphatic carbocycles. The van der Waals surface area contributed by atoms with Crippen molar-refractivity contribution in [3.8, 4) is 28.4 Å². The van der Waals surface area contributed by atoms with Gasteiger partial charge in [0.15, 0.2) is 0 Å². The third-order valence-electron chi connectivity index (χ3n) is 5.97. The molecule has 0 aliphatic rings. The van der Waals surface area contributed by atoms with Crippen LogP contribution < -0.4 is 10.5 Å². The van der Waals surface area contributed by atoms with E-state index in [4.69, 9.17) is 15.5 Å². The van der Waals surface area contributed by atoms with Crippen LogP contribution in [0.3, 0.4) is 0 Å². The molecule has 6 aromatic rings. The molecule has 5 heteroatoms. The Morgan fingerprint density at radius 1 is 0.824 bits per heavy atom. The smallest absolute Gasteiger partial charge is 0.150 e. The summed E-state index contributed by atoms with van der Waals surface area (Å²) in [6.07, 6.45) is 3.62. The summed E-state index contributed by atoms with van der Waals surface area (Å²) in [5.74, 6) is 2.04. The van der Waals surface area contributed by atoms with Gasteiger partial charge in [-0.1, -0.05) is 84.9 Å². The second-order valence-electron chi connectivity index (χ2n) is 8.14. The summed E-state index contributed by atoms with van der Waals surface area (Å²) in [5.41, 5.74) is 11.0. The molecule has 2 aromatic heterocycles. The van der Waals surface area contributed by atoms with Crippen molar-refractivity contribution in [2.45, 2.75) is 6.61 Å². The topological polar surface area (TPSA) is 65.4 Å². The fraction of sp³-hybridized carbons (Fsp3) is 0.0345. The molecule has 164 valence electrons. The van der Waals surface area contributed by atoms with Crippen LogP contribution in [-0.2, 0) is 6.61 Å². The zero-order chi connectivity index (χ0) is 22.9. The van der Waals surface area contributed by atoms with Crippen molar-refractivity contribution in [1.29, 1.82) is 0 Å². The van der Waals surface area contributed by atoms with Gasteiger partial charge < -0.3 is 10.5 Å². The first-order valence-electron chi connectivity index (χ1n) is 11.2. The van der Waals surface area contributed by atoms with Gasteiger partial charge in [-0.05, 0) is 28.5 Å². The van der Waals surface area contributed by atoms with E-state index in [2.05, 4.69) is 47.4 Å². The van der Waals surface area contributed by atoms with Gasteiger partial charge in [-0.15, -0.1) is 0 Å². The Labute approximate surface area is 197 Å². The largest absolute Gasteiger partial charge is 0.489 e. The summed E-state index contributed by atoms with van der Waals surface area (Å²) in [4.78, 5) is 9.43. The molecule has 0 unspecified atom stereocenters. The van der Waals surface area contributed by atoms with E-state index in [1.165, 1.54) is 0 Å². The summed E-state index contributed by atoms with van der Waals surface area (Å²) in [6.45, 7) is 0.499. The molecule has 0 bridgehead atoms. The van der Waals surface area contributed by atoms with Gasteiger partial charge in [0.1, 0.15) is 35.2 Å². The van der Waals surface area contributed by atoms with E-state index in [1.54, 1.807) is 6.20 Å². The van der Waals surface area contributed by atoms with Crippen LogP contribution in [0.4, 0.5) is 5.82 Å². The Kier molecular flexibility index (Phi) is 4.92. The molecule has 0 fully saturated rings. The highest BCUT2D eigenvalue weighted by atomic mass is 16.5. The number of benzene rings is 4. The molecule has 0 radical (unpaired) electrons. The van der Waals surface area contributed by atoms with E-state index >= 15 is 0 Å². The number of fused-ring (bicyclic) bond motifs is 2. The fourth-order valence-corrected chi connectivity index (χ4v) is 4.35. The van der Waals surface area contributed by atoms with Crippen molar-refractivity contribution < 1.29 is 4.74 Å². The average molecular weight is 443 g/mol. The minimum Gasteiger partial charge on any atom is -0.489 e. The van der Waals surface area contributed by atoms with Crippen LogP contribution in [0.25, 0.3) is 38.9 Å². The van der Waals surface area contributed by atoms with E-state index in [1.807, 2.05) is 65.2 Å². The van der Waals surface area contributed by atoms with Crippen molar-refractivity contribution in [2.75, 3.05) is 5.73 Å². The first-order chi connectivity index (χ1) is 16.8. The zero-order valence-corrected chi connectivity index (χ0v) is 18.4. The predicted octanol–water partition coefficient (Wildman–Crippen LogP) is 6.38. The average Bonchev–Trinajstić information content (AvgIpc) is 3.29. The Balaban J connectivity index is 1.47. The SMILES string of the molecule is Nc1nccn2c(-c3cccc4ccccc34)nc(-c3cccc(OCc4ccccc4)c3)c12. The van der Waals surface area contributed by atoms with Crippen LogP contribution in [0.1, 0.15) is 5.56 Å². The number of hydrogen-bond acceptors (Lipinski definition) is 4. The summed E-state index contributed by atoms with van der Waals surface area (Å²) in [7, 11) is 0. The lowest BCUT2D eigenvalue weighted by Gasteiger charge is -2.08. The molecule has 6 rings (SSSR count). The molecule has 0 saturated heterocycles. The molecule has 0 atom stereocenters. The molecule has 0 spiro atoms. The molecule has 0 amide bonds. The van der Waals surface area contributed by atoms with Crippen molar-refractivity contribution in [2.24, 2.45) is 0 Å². The molecule has 0 aliphatic heterocycles. The third kappa shape index (κ3) is 3.53. The van der Waals surface area contributed by atoms with E-state index < -0.39 is 0 Å². The van der Waals surface area contributed by atoms with Crippen LogP contribution in [0.5, 0.6) is 5.75 Å². The van der Waals surface area contributed by atoms with E-state index in [9.17, 15) is 0 Å². The Morgan fingerprint density at radius 3 is 2.53 bits per heavy atom. The van der Waals surface area contributed by atoms with Crippen LogP contribution in [0.2, 0.25) is 0 Å². The maximum Gasteiger partial charge on any atom is 0.150 e. The maximum atomic E-state index is 6.37. The summed E-state index contributed by atoms with van der Waals surface area (Å²) >= 11 is 0. The van der Waals surface area contributed by atoms with Crippen LogP contribution in [0.15, 0.2) is 109 Å². The second-order valence-corrected chi connectivity index (χ2v) is 8.14. The number of nitrogens with zero attached hydrogens (tertiary/aromatic N) is 3. The minimum atomic E-state index is 0.437. The highest BCUT2D eigenvalue weighted by Crippen LogP contribution is 2.35. The minimum absolute atomic E-state index is 0.437. The number of rotatable bonds is 5. The third-order valence-corrected chi connectivity index (χ3v) is 5.97. The standard InChI is InChI=1S/C29H22N4O/c30-28-27-26(22-12-6-13-23(18-22)34-19-20-8-2-1-3-9-20)32-29(33(27)17-16-31-28)25-15-7-11-21-10-4-5-14-24(21)25/h1-18H,19H2,(H2,30,31). The second kappa shape index (κ2) is 8.37. The van der Waals surface area contributed by atoms with Gasteiger partial charge in [0.05, 0.1) is 0 Å². The van der Waals surface area contributed by atoms with Crippen molar-refractivity contribution >= 4 is 22.1 Å². The number of ether oxygens (including phenoxy) is 1. The van der Waals surface area contributed by atoms with Crippen LogP contribution in [-0.4, -0.2) is 14.4 Å². The Hall–Kier alpha value is -4.64. The van der Waals surface area contributed by atoms with Gasteiger partial charge in [-0.25, -0.2) is 9.97 Å². The number of anilines is 1. The first kappa shape index (κ1) is 20.0. The Morgan fingerprint density at radius 2 is 1.62 bits per heavy atom. The van der Waals surface area contributed by atoms with Gasteiger partial charge in [0.2, 0.25) is 0 Å².